The third kappa shape index (κ3) is 5.67. The van der Waals surface area contributed by atoms with E-state index in [4.69, 9.17) is 5.73 Å². The van der Waals surface area contributed by atoms with Crippen LogP contribution in [0.2, 0.25) is 0 Å². The number of hydrogen-bond acceptors (Lipinski definition) is 3. The van der Waals surface area contributed by atoms with Crippen LogP contribution in [-0.4, -0.2) is 23.4 Å². The highest BCUT2D eigenvalue weighted by Gasteiger charge is 2.20. The van der Waals surface area contributed by atoms with Crippen LogP contribution in [0.4, 0.5) is 5.69 Å². The third-order valence-corrected chi connectivity index (χ3v) is 4.31. The van der Waals surface area contributed by atoms with Crippen LogP contribution in [0.25, 0.3) is 0 Å². The highest BCUT2D eigenvalue weighted by atomic mass is 16.2. The maximum atomic E-state index is 12.2. The molecule has 2 unspecified atom stereocenters. The van der Waals surface area contributed by atoms with Crippen molar-refractivity contribution in [2.45, 2.75) is 59.0 Å². The number of nitrogens with one attached hydrogen (secondary N) is 2. The maximum Gasteiger partial charge on any atom is 0.251 e. The molecule has 0 bridgehead atoms. The topological polar surface area (TPSA) is 84.2 Å². The van der Waals surface area contributed by atoms with E-state index < -0.39 is 6.04 Å². The van der Waals surface area contributed by atoms with Gasteiger partial charge in [-0.1, -0.05) is 27.2 Å². The lowest BCUT2D eigenvalue weighted by Gasteiger charge is -2.24. The van der Waals surface area contributed by atoms with Crippen molar-refractivity contribution < 1.29 is 9.59 Å². The number of anilines is 1. The molecule has 0 radical (unpaired) electrons. The Morgan fingerprint density at radius 2 is 1.74 bits per heavy atom. The van der Waals surface area contributed by atoms with Crippen molar-refractivity contribution in [3.05, 3.63) is 29.8 Å². The summed E-state index contributed by atoms with van der Waals surface area (Å²) in [5.41, 5.74) is 6.87. The zero-order chi connectivity index (χ0) is 17.6. The van der Waals surface area contributed by atoms with Gasteiger partial charge in [-0.25, -0.2) is 0 Å². The molecule has 0 aliphatic rings. The monoisotopic (exact) mass is 319 g/mol. The van der Waals surface area contributed by atoms with Crippen LogP contribution in [0, 0.1) is 5.92 Å². The third-order valence-electron chi connectivity index (χ3n) is 4.31. The Kier molecular flexibility index (Phi) is 6.76. The van der Waals surface area contributed by atoms with Crippen LogP contribution >= 0.6 is 0 Å². The fourth-order valence-corrected chi connectivity index (χ4v) is 1.91. The van der Waals surface area contributed by atoms with E-state index in [-0.39, 0.29) is 23.3 Å². The first-order chi connectivity index (χ1) is 10.7. The minimum absolute atomic E-state index is 0.119. The molecule has 0 fully saturated rings. The molecule has 0 saturated heterocycles. The largest absolute Gasteiger partial charge is 0.347 e. The Hall–Kier alpha value is -1.88. The molecule has 2 amide bonds. The number of rotatable bonds is 7. The predicted octanol–water partition coefficient (Wildman–Crippen LogP) is 2.92. The van der Waals surface area contributed by atoms with Crippen molar-refractivity contribution in [2.75, 3.05) is 5.32 Å². The van der Waals surface area contributed by atoms with Crippen LogP contribution in [0.1, 0.15) is 57.8 Å². The number of hydrogen-bond donors (Lipinski definition) is 3. The number of carbonyl (C=O) groups is 2. The Morgan fingerprint density at radius 3 is 2.22 bits per heavy atom. The van der Waals surface area contributed by atoms with Gasteiger partial charge in [0.05, 0.1) is 6.04 Å². The van der Waals surface area contributed by atoms with Crippen molar-refractivity contribution in [1.29, 1.82) is 0 Å². The van der Waals surface area contributed by atoms with Crippen molar-refractivity contribution in [2.24, 2.45) is 11.7 Å². The highest BCUT2D eigenvalue weighted by Crippen LogP contribution is 2.14. The molecule has 1 aromatic rings. The summed E-state index contributed by atoms with van der Waals surface area (Å²) in [6.07, 6.45) is 1.70. The summed E-state index contributed by atoms with van der Waals surface area (Å²) in [7, 11) is 0. The van der Waals surface area contributed by atoms with Crippen LogP contribution in [-0.2, 0) is 4.79 Å². The average molecular weight is 319 g/mol. The molecule has 4 N–H and O–H groups in total. The summed E-state index contributed by atoms with van der Waals surface area (Å²) < 4.78 is 0. The molecule has 0 spiro atoms. The Balaban J connectivity index is 2.70. The lowest BCUT2D eigenvalue weighted by Crippen LogP contribution is -2.42. The Labute approximate surface area is 139 Å². The van der Waals surface area contributed by atoms with Gasteiger partial charge in [0.15, 0.2) is 0 Å². The lowest BCUT2D eigenvalue weighted by atomic mass is 9.99. The molecule has 0 saturated carbocycles. The van der Waals surface area contributed by atoms with Gasteiger partial charge in [0, 0.05) is 16.8 Å². The van der Waals surface area contributed by atoms with Gasteiger partial charge >= 0.3 is 0 Å². The number of benzene rings is 1. The zero-order valence-electron chi connectivity index (χ0n) is 14.8. The zero-order valence-corrected chi connectivity index (χ0v) is 14.8. The van der Waals surface area contributed by atoms with Crippen molar-refractivity contribution in [1.82, 2.24) is 5.32 Å². The fourth-order valence-electron chi connectivity index (χ4n) is 1.91. The van der Waals surface area contributed by atoms with Gasteiger partial charge in [0.2, 0.25) is 5.91 Å². The van der Waals surface area contributed by atoms with E-state index in [1.165, 1.54) is 0 Å². The molecule has 23 heavy (non-hydrogen) atoms. The van der Waals surface area contributed by atoms with Gasteiger partial charge in [0.25, 0.3) is 5.91 Å². The average Bonchev–Trinajstić information content (AvgIpc) is 2.53. The van der Waals surface area contributed by atoms with Crippen LogP contribution in [0.3, 0.4) is 0 Å². The van der Waals surface area contributed by atoms with E-state index in [0.717, 1.165) is 12.8 Å². The molecular formula is C18H29N3O2. The van der Waals surface area contributed by atoms with Crippen molar-refractivity contribution in [3.63, 3.8) is 0 Å². The van der Waals surface area contributed by atoms with Gasteiger partial charge in [-0.2, -0.15) is 0 Å². The molecule has 2 atom stereocenters. The van der Waals surface area contributed by atoms with Crippen molar-refractivity contribution >= 4 is 17.5 Å². The van der Waals surface area contributed by atoms with E-state index in [2.05, 4.69) is 10.6 Å². The van der Waals surface area contributed by atoms with Gasteiger partial charge in [0.1, 0.15) is 0 Å². The van der Waals surface area contributed by atoms with Gasteiger partial charge < -0.3 is 16.4 Å². The van der Waals surface area contributed by atoms with Gasteiger partial charge in [-0.3, -0.25) is 9.59 Å². The Bertz CT molecular complexity index is 538. The van der Waals surface area contributed by atoms with E-state index in [9.17, 15) is 9.59 Å². The molecule has 1 aromatic carbocycles. The number of carbonyl (C=O) groups excluding carboxylic acids is 2. The maximum absolute atomic E-state index is 12.2. The van der Waals surface area contributed by atoms with E-state index >= 15 is 0 Å². The first-order valence-electron chi connectivity index (χ1n) is 8.19. The fraction of sp³-hybridized carbons (Fsp3) is 0.556. The molecule has 0 aliphatic heterocycles. The summed E-state index contributed by atoms with van der Waals surface area (Å²) in [6, 6.07) is 6.30. The molecule has 0 aliphatic carbocycles. The minimum atomic E-state index is -0.534. The van der Waals surface area contributed by atoms with E-state index in [1.807, 2.05) is 34.6 Å². The van der Waals surface area contributed by atoms with Crippen LogP contribution in [0.5, 0.6) is 0 Å². The second-order valence-electron chi connectivity index (χ2n) is 6.67. The highest BCUT2D eigenvalue weighted by molar-refractivity contribution is 5.97. The second kappa shape index (κ2) is 8.11. The number of amides is 2. The first-order valence-corrected chi connectivity index (χ1v) is 8.19. The summed E-state index contributed by atoms with van der Waals surface area (Å²) in [5, 5.41) is 5.76. The molecular weight excluding hydrogens is 290 g/mol. The second-order valence-corrected chi connectivity index (χ2v) is 6.67. The van der Waals surface area contributed by atoms with E-state index in [0.29, 0.717) is 11.3 Å². The SMILES string of the molecule is CCC(C)C(N)C(=O)Nc1ccc(C(=O)NC(C)(C)CC)cc1. The molecule has 5 heteroatoms. The summed E-state index contributed by atoms with van der Waals surface area (Å²) >= 11 is 0. The van der Waals surface area contributed by atoms with E-state index in [1.54, 1.807) is 24.3 Å². The Morgan fingerprint density at radius 1 is 1.17 bits per heavy atom. The lowest BCUT2D eigenvalue weighted by molar-refractivity contribution is -0.118. The predicted molar refractivity (Wildman–Crippen MR) is 94.3 cm³/mol. The van der Waals surface area contributed by atoms with Gasteiger partial charge in [-0.15, -0.1) is 0 Å². The summed E-state index contributed by atoms with van der Waals surface area (Å²) in [5.74, 6) is -0.203. The first kappa shape index (κ1) is 19.2. The smallest absolute Gasteiger partial charge is 0.251 e. The van der Waals surface area contributed by atoms with Gasteiger partial charge in [-0.05, 0) is 50.5 Å². The quantitative estimate of drug-likeness (QED) is 0.722. The molecule has 1 rings (SSSR count). The number of nitrogens with two attached hydrogens (primary N) is 1. The normalized spacial score (nSPS) is 14.0. The molecule has 0 heterocycles. The summed E-state index contributed by atoms with van der Waals surface area (Å²) in [4.78, 5) is 24.2. The van der Waals surface area contributed by atoms with Crippen LogP contribution < -0.4 is 16.4 Å². The van der Waals surface area contributed by atoms with Crippen molar-refractivity contribution in [3.8, 4) is 0 Å². The summed E-state index contributed by atoms with van der Waals surface area (Å²) in [6.45, 7) is 9.95. The standard InChI is InChI=1S/C18H29N3O2/c1-6-12(3)15(19)17(23)20-14-10-8-13(9-11-14)16(22)21-18(4,5)7-2/h8-12,15H,6-7,19H2,1-5H3,(H,20,23)(H,21,22). The minimum Gasteiger partial charge on any atom is -0.347 e. The molecule has 128 valence electrons. The van der Waals surface area contributed by atoms with Crippen LogP contribution in [0.15, 0.2) is 24.3 Å². The molecule has 0 aromatic heterocycles. The molecule has 5 nitrogen and oxygen atoms in total.